The molecular formula is C13H18BNO3S2. The van der Waals surface area contributed by atoms with E-state index in [1.807, 2.05) is 39.2 Å². The van der Waals surface area contributed by atoms with Crippen molar-refractivity contribution in [1.82, 2.24) is 4.98 Å². The number of aldehydes is 1. The first kappa shape index (κ1) is 15.8. The summed E-state index contributed by atoms with van der Waals surface area (Å²) in [6.07, 6.45) is 2.62. The molecule has 2 heterocycles. The molecule has 1 aromatic heterocycles. The Balaban J connectivity index is 2.23. The average Bonchev–Trinajstić information content (AvgIpc) is 2.89. The van der Waals surface area contributed by atoms with E-state index in [-0.39, 0.29) is 11.2 Å². The van der Waals surface area contributed by atoms with Crippen LogP contribution in [0.15, 0.2) is 10.9 Å². The van der Waals surface area contributed by atoms with Crippen LogP contribution < -0.4 is 0 Å². The van der Waals surface area contributed by atoms with Crippen molar-refractivity contribution in [2.75, 3.05) is 5.75 Å². The number of aromatic nitrogens is 1. The van der Waals surface area contributed by atoms with E-state index in [1.165, 1.54) is 11.3 Å². The van der Waals surface area contributed by atoms with Gasteiger partial charge in [-0.3, -0.25) is 4.79 Å². The largest absolute Gasteiger partial charge is 0.491 e. The van der Waals surface area contributed by atoms with Crippen LogP contribution in [0.2, 0.25) is 0 Å². The molecule has 1 aliphatic rings. The third kappa shape index (κ3) is 3.00. The molecule has 0 radical (unpaired) electrons. The first-order valence-electron chi connectivity index (χ1n) is 6.37. The minimum absolute atomic E-state index is 0.379. The van der Waals surface area contributed by atoms with E-state index in [1.54, 1.807) is 0 Å². The number of carbonyl (C=O) groups excluding carboxylic acids is 1. The summed E-state index contributed by atoms with van der Waals surface area (Å²) >= 11 is 5.66. The van der Waals surface area contributed by atoms with Crippen LogP contribution in [0.4, 0.5) is 0 Å². The summed E-state index contributed by atoms with van der Waals surface area (Å²) in [6, 6.07) is 0. The molecule has 4 nitrogen and oxygen atoms in total. The van der Waals surface area contributed by atoms with Crippen LogP contribution >= 0.6 is 24.0 Å². The van der Waals surface area contributed by atoms with E-state index in [4.69, 9.17) is 9.31 Å². The summed E-state index contributed by atoms with van der Waals surface area (Å²) < 4.78 is 12.0. The van der Waals surface area contributed by atoms with Crippen molar-refractivity contribution in [2.24, 2.45) is 0 Å². The van der Waals surface area contributed by atoms with Crippen molar-refractivity contribution in [3.05, 3.63) is 21.6 Å². The van der Waals surface area contributed by atoms with Crippen molar-refractivity contribution in [2.45, 2.75) is 38.9 Å². The molecular weight excluding hydrogens is 293 g/mol. The van der Waals surface area contributed by atoms with E-state index in [0.717, 1.165) is 17.5 Å². The van der Waals surface area contributed by atoms with Gasteiger partial charge >= 0.3 is 7.12 Å². The van der Waals surface area contributed by atoms with Gasteiger partial charge in [-0.1, -0.05) is 0 Å². The molecule has 1 aliphatic heterocycles. The predicted octanol–water partition coefficient (Wildman–Crippen LogP) is 2.90. The van der Waals surface area contributed by atoms with Crippen LogP contribution in [0.25, 0.3) is 6.08 Å². The number of carbonyl (C=O) groups is 1. The van der Waals surface area contributed by atoms with Crippen molar-refractivity contribution in [1.29, 1.82) is 0 Å². The SMILES string of the molecule is CC1(C)OB(C(=Cc2csc(C=O)n2)CS)OC1(C)C. The van der Waals surface area contributed by atoms with E-state index in [2.05, 4.69) is 17.6 Å². The van der Waals surface area contributed by atoms with Crippen LogP contribution in [-0.2, 0) is 9.31 Å². The lowest BCUT2D eigenvalue weighted by Crippen LogP contribution is -2.41. The molecule has 1 fully saturated rings. The second-order valence-corrected chi connectivity index (χ2v) is 6.90. The predicted molar refractivity (Wildman–Crippen MR) is 85.4 cm³/mol. The molecule has 2 rings (SSSR count). The lowest BCUT2D eigenvalue weighted by Gasteiger charge is -2.32. The number of nitrogens with zero attached hydrogens (tertiary/aromatic N) is 1. The molecule has 0 aromatic carbocycles. The molecule has 0 N–H and O–H groups in total. The summed E-state index contributed by atoms with van der Waals surface area (Å²) in [4.78, 5) is 14.9. The highest BCUT2D eigenvalue weighted by atomic mass is 32.1. The monoisotopic (exact) mass is 311 g/mol. The van der Waals surface area contributed by atoms with Crippen LogP contribution in [0.5, 0.6) is 0 Å². The Hall–Kier alpha value is -0.625. The lowest BCUT2D eigenvalue weighted by atomic mass is 9.79. The molecule has 0 atom stereocenters. The topological polar surface area (TPSA) is 48.4 Å². The van der Waals surface area contributed by atoms with Gasteiger partial charge in [-0.15, -0.1) is 11.3 Å². The highest BCUT2D eigenvalue weighted by Crippen LogP contribution is 2.39. The van der Waals surface area contributed by atoms with E-state index >= 15 is 0 Å². The third-order valence-electron chi connectivity index (χ3n) is 3.71. The molecule has 7 heteroatoms. The molecule has 108 valence electrons. The van der Waals surface area contributed by atoms with Crippen LogP contribution in [-0.4, -0.2) is 35.3 Å². The van der Waals surface area contributed by atoms with Gasteiger partial charge < -0.3 is 9.31 Å². The fourth-order valence-electron chi connectivity index (χ4n) is 1.79. The van der Waals surface area contributed by atoms with Gasteiger partial charge in [0.05, 0.1) is 16.9 Å². The van der Waals surface area contributed by atoms with Crippen molar-refractivity contribution in [3.8, 4) is 0 Å². The van der Waals surface area contributed by atoms with Crippen LogP contribution in [0.3, 0.4) is 0 Å². The molecule has 0 bridgehead atoms. The maximum atomic E-state index is 10.7. The van der Waals surface area contributed by atoms with E-state index < -0.39 is 7.12 Å². The summed E-state index contributed by atoms with van der Waals surface area (Å²) in [5, 5.41) is 2.29. The molecule has 0 unspecified atom stereocenters. The highest BCUT2D eigenvalue weighted by Gasteiger charge is 2.52. The first-order chi connectivity index (χ1) is 9.29. The maximum Gasteiger partial charge on any atom is 0.491 e. The maximum absolute atomic E-state index is 10.7. The van der Waals surface area contributed by atoms with Gasteiger partial charge in [0.25, 0.3) is 0 Å². The van der Waals surface area contributed by atoms with Crippen molar-refractivity contribution >= 4 is 43.4 Å². The van der Waals surface area contributed by atoms with Gasteiger partial charge in [0.15, 0.2) is 11.3 Å². The smallest absolute Gasteiger partial charge is 0.400 e. The first-order valence-corrected chi connectivity index (χ1v) is 7.88. The Morgan fingerprint density at radius 2 is 2.00 bits per heavy atom. The van der Waals surface area contributed by atoms with Gasteiger partial charge in [0.2, 0.25) is 0 Å². The van der Waals surface area contributed by atoms with Gasteiger partial charge in [-0.2, -0.15) is 12.6 Å². The Labute approximate surface area is 129 Å². The van der Waals surface area contributed by atoms with Gasteiger partial charge in [0, 0.05) is 11.1 Å². The fourth-order valence-corrected chi connectivity index (χ4v) is 2.61. The zero-order valence-electron chi connectivity index (χ0n) is 12.0. The number of thiazole rings is 1. The number of thiol groups is 1. The van der Waals surface area contributed by atoms with Crippen molar-refractivity contribution < 1.29 is 14.1 Å². The Bertz CT molecular complexity index is 523. The molecule has 1 aromatic rings. The zero-order chi connectivity index (χ0) is 15.0. The molecule has 0 spiro atoms. The van der Waals surface area contributed by atoms with Crippen LogP contribution in [0.1, 0.15) is 43.2 Å². The van der Waals surface area contributed by atoms with E-state index in [0.29, 0.717) is 10.8 Å². The lowest BCUT2D eigenvalue weighted by molar-refractivity contribution is 0.00578. The number of hydrogen-bond acceptors (Lipinski definition) is 6. The zero-order valence-corrected chi connectivity index (χ0v) is 13.8. The Morgan fingerprint density at radius 3 is 2.45 bits per heavy atom. The second-order valence-electron chi connectivity index (χ2n) is 5.69. The third-order valence-corrected chi connectivity index (χ3v) is 4.87. The van der Waals surface area contributed by atoms with Gasteiger partial charge in [-0.25, -0.2) is 4.98 Å². The fraction of sp³-hybridized carbons (Fsp3) is 0.538. The minimum atomic E-state index is -0.432. The van der Waals surface area contributed by atoms with Crippen LogP contribution in [0, 0.1) is 0 Å². The molecule has 20 heavy (non-hydrogen) atoms. The summed E-state index contributed by atoms with van der Waals surface area (Å²) in [7, 11) is -0.432. The Morgan fingerprint density at radius 1 is 1.40 bits per heavy atom. The normalized spacial score (nSPS) is 21.2. The molecule has 0 amide bonds. The van der Waals surface area contributed by atoms with Gasteiger partial charge in [0.1, 0.15) is 0 Å². The standard InChI is InChI=1S/C13H18BNO3S2/c1-12(2)13(3,4)18-14(17-12)9(7-19)5-10-8-20-11(6-16)15-10/h5-6,8,19H,7H2,1-4H3. The molecule has 0 aliphatic carbocycles. The number of hydrogen-bond donors (Lipinski definition) is 1. The second kappa shape index (κ2) is 5.64. The summed E-state index contributed by atoms with van der Waals surface area (Å²) in [5.74, 6) is 0.505. The average molecular weight is 311 g/mol. The van der Waals surface area contributed by atoms with Crippen molar-refractivity contribution in [3.63, 3.8) is 0 Å². The highest BCUT2D eigenvalue weighted by molar-refractivity contribution is 7.80. The number of rotatable bonds is 4. The van der Waals surface area contributed by atoms with Gasteiger partial charge in [-0.05, 0) is 39.2 Å². The minimum Gasteiger partial charge on any atom is -0.400 e. The summed E-state index contributed by atoms with van der Waals surface area (Å²) in [5.41, 5.74) is 0.872. The summed E-state index contributed by atoms with van der Waals surface area (Å²) in [6.45, 7) is 8.04. The Kier molecular flexibility index (Phi) is 4.44. The van der Waals surface area contributed by atoms with E-state index in [9.17, 15) is 4.79 Å². The molecule has 0 saturated carbocycles. The molecule has 1 saturated heterocycles. The quantitative estimate of drug-likeness (QED) is 0.528.